The number of hydrogen-bond donors (Lipinski definition) is 2. The molecule has 0 aromatic heterocycles. The molecule has 0 saturated carbocycles. The van der Waals surface area contributed by atoms with Crippen LogP contribution < -0.4 is 25.0 Å². The quantitative estimate of drug-likeness (QED) is 0.243. The van der Waals surface area contributed by atoms with Crippen LogP contribution in [0.1, 0.15) is 18.1 Å². The molecule has 0 aliphatic carbocycles. The standard InChI is InChI=1S/C25H24BrN3O5/c1-3-33-20-11-9-19(10-12-20)28-24(30)25(31)29-27-15-18-13-21(26)23(22(14-18)32-2)34-16-17-7-5-4-6-8-17/h4-15H,3,16H2,1-2H3,(H,28,30)(H,29,31). The monoisotopic (exact) mass is 525 g/mol. The van der Waals surface area contributed by atoms with Gasteiger partial charge in [0.1, 0.15) is 12.4 Å². The molecule has 2 N–H and O–H groups in total. The van der Waals surface area contributed by atoms with Crippen molar-refractivity contribution >= 4 is 39.6 Å². The van der Waals surface area contributed by atoms with Crippen molar-refractivity contribution in [3.63, 3.8) is 0 Å². The number of halogens is 1. The summed E-state index contributed by atoms with van der Waals surface area (Å²) in [5.41, 5.74) is 4.32. The Morgan fingerprint density at radius 2 is 1.74 bits per heavy atom. The Balaban J connectivity index is 1.58. The summed E-state index contributed by atoms with van der Waals surface area (Å²) in [6.45, 7) is 2.80. The number of carbonyl (C=O) groups is 2. The van der Waals surface area contributed by atoms with Crippen molar-refractivity contribution in [3.8, 4) is 17.2 Å². The highest BCUT2D eigenvalue weighted by Gasteiger charge is 2.14. The Labute approximate surface area is 206 Å². The lowest BCUT2D eigenvalue weighted by Gasteiger charge is -2.13. The summed E-state index contributed by atoms with van der Waals surface area (Å²) in [6.07, 6.45) is 1.40. The Bertz CT molecular complexity index is 1150. The minimum absolute atomic E-state index is 0.378. The number of benzene rings is 3. The van der Waals surface area contributed by atoms with E-state index in [1.807, 2.05) is 37.3 Å². The number of hydrogen-bond acceptors (Lipinski definition) is 6. The van der Waals surface area contributed by atoms with Crippen LogP contribution in [0, 0.1) is 0 Å². The summed E-state index contributed by atoms with van der Waals surface area (Å²) in [4.78, 5) is 24.1. The highest BCUT2D eigenvalue weighted by atomic mass is 79.9. The lowest BCUT2D eigenvalue weighted by atomic mass is 10.2. The molecule has 9 heteroatoms. The molecule has 8 nitrogen and oxygen atoms in total. The predicted octanol–water partition coefficient (Wildman–Crippen LogP) is 4.52. The molecular weight excluding hydrogens is 502 g/mol. The van der Waals surface area contributed by atoms with Gasteiger partial charge in [-0.05, 0) is 70.4 Å². The minimum Gasteiger partial charge on any atom is -0.494 e. The second kappa shape index (κ2) is 12.4. The molecule has 0 spiro atoms. The first-order chi connectivity index (χ1) is 16.5. The molecule has 0 saturated heterocycles. The zero-order chi connectivity index (χ0) is 24.3. The Hall–Kier alpha value is -3.85. The number of ether oxygens (including phenoxy) is 3. The van der Waals surface area contributed by atoms with Gasteiger partial charge in [-0.1, -0.05) is 30.3 Å². The van der Waals surface area contributed by atoms with Crippen LogP contribution in [-0.4, -0.2) is 31.7 Å². The number of anilines is 1. The number of hydrazone groups is 1. The zero-order valence-corrected chi connectivity index (χ0v) is 20.3. The first-order valence-electron chi connectivity index (χ1n) is 10.4. The van der Waals surface area contributed by atoms with E-state index in [0.717, 1.165) is 5.56 Å². The molecule has 0 aliphatic heterocycles. The van der Waals surface area contributed by atoms with Crippen molar-refractivity contribution < 1.29 is 23.8 Å². The van der Waals surface area contributed by atoms with Crippen molar-refractivity contribution in [3.05, 3.63) is 82.3 Å². The van der Waals surface area contributed by atoms with Crippen LogP contribution in [0.5, 0.6) is 17.2 Å². The topological polar surface area (TPSA) is 98.2 Å². The number of methoxy groups -OCH3 is 1. The fourth-order valence-electron chi connectivity index (χ4n) is 2.89. The van der Waals surface area contributed by atoms with Crippen LogP contribution >= 0.6 is 15.9 Å². The van der Waals surface area contributed by atoms with Crippen LogP contribution in [0.25, 0.3) is 0 Å². The van der Waals surface area contributed by atoms with Crippen LogP contribution in [0.2, 0.25) is 0 Å². The van der Waals surface area contributed by atoms with E-state index in [-0.39, 0.29) is 0 Å². The van der Waals surface area contributed by atoms with Crippen molar-refractivity contribution in [1.82, 2.24) is 5.43 Å². The second-order valence-corrected chi connectivity index (χ2v) is 7.77. The molecule has 176 valence electrons. The molecule has 3 rings (SSSR count). The number of nitrogens with zero attached hydrogens (tertiary/aromatic N) is 1. The lowest BCUT2D eigenvalue weighted by molar-refractivity contribution is -0.136. The fourth-order valence-corrected chi connectivity index (χ4v) is 3.46. The van der Waals surface area contributed by atoms with E-state index in [4.69, 9.17) is 14.2 Å². The molecule has 2 amide bonds. The fraction of sp³-hybridized carbons (Fsp3) is 0.160. The van der Waals surface area contributed by atoms with E-state index in [2.05, 4.69) is 31.8 Å². The summed E-state index contributed by atoms with van der Waals surface area (Å²) in [5, 5.41) is 6.36. The molecular formula is C25H24BrN3O5. The van der Waals surface area contributed by atoms with Gasteiger partial charge in [0, 0.05) is 5.69 Å². The summed E-state index contributed by atoms with van der Waals surface area (Å²) >= 11 is 3.48. The van der Waals surface area contributed by atoms with Gasteiger partial charge in [0.15, 0.2) is 11.5 Å². The van der Waals surface area contributed by atoms with Gasteiger partial charge in [-0.3, -0.25) is 9.59 Å². The largest absolute Gasteiger partial charge is 0.494 e. The van der Waals surface area contributed by atoms with Gasteiger partial charge in [-0.25, -0.2) is 5.43 Å². The van der Waals surface area contributed by atoms with Crippen molar-refractivity contribution in [2.75, 3.05) is 19.0 Å². The van der Waals surface area contributed by atoms with E-state index >= 15 is 0 Å². The van der Waals surface area contributed by atoms with E-state index in [1.165, 1.54) is 13.3 Å². The normalized spacial score (nSPS) is 10.6. The van der Waals surface area contributed by atoms with Crippen LogP contribution in [0.15, 0.2) is 76.3 Å². The second-order valence-electron chi connectivity index (χ2n) is 6.92. The third-order valence-corrected chi connectivity index (χ3v) is 5.08. The molecule has 3 aromatic rings. The smallest absolute Gasteiger partial charge is 0.329 e. The average molecular weight is 526 g/mol. The molecule has 0 bridgehead atoms. The third kappa shape index (κ3) is 7.08. The Morgan fingerprint density at radius 1 is 1.00 bits per heavy atom. The van der Waals surface area contributed by atoms with Crippen LogP contribution in [-0.2, 0) is 16.2 Å². The van der Waals surface area contributed by atoms with Crippen molar-refractivity contribution in [2.24, 2.45) is 5.10 Å². The summed E-state index contributed by atoms with van der Waals surface area (Å²) < 4.78 is 17.3. The zero-order valence-electron chi connectivity index (χ0n) is 18.7. The number of carbonyl (C=O) groups excluding carboxylic acids is 2. The first kappa shape index (κ1) is 24.8. The van der Waals surface area contributed by atoms with Gasteiger partial charge in [0.25, 0.3) is 0 Å². The van der Waals surface area contributed by atoms with Crippen LogP contribution in [0.3, 0.4) is 0 Å². The highest BCUT2D eigenvalue weighted by Crippen LogP contribution is 2.36. The van der Waals surface area contributed by atoms with Gasteiger partial charge in [-0.15, -0.1) is 0 Å². The highest BCUT2D eigenvalue weighted by molar-refractivity contribution is 9.10. The van der Waals surface area contributed by atoms with Gasteiger partial charge in [0.2, 0.25) is 0 Å². The molecule has 0 unspecified atom stereocenters. The van der Waals surface area contributed by atoms with E-state index in [0.29, 0.717) is 46.2 Å². The molecule has 0 fully saturated rings. The third-order valence-electron chi connectivity index (χ3n) is 4.49. The molecule has 0 radical (unpaired) electrons. The SMILES string of the molecule is CCOc1ccc(NC(=O)C(=O)NN=Cc2cc(Br)c(OCc3ccccc3)c(OC)c2)cc1. The van der Waals surface area contributed by atoms with E-state index in [9.17, 15) is 9.59 Å². The maximum absolute atomic E-state index is 12.1. The minimum atomic E-state index is -0.904. The molecule has 3 aromatic carbocycles. The maximum atomic E-state index is 12.1. The molecule has 0 heterocycles. The summed E-state index contributed by atoms with van der Waals surface area (Å²) in [5.74, 6) is -0.0371. The Morgan fingerprint density at radius 3 is 2.41 bits per heavy atom. The predicted molar refractivity (Wildman–Crippen MR) is 133 cm³/mol. The molecule has 34 heavy (non-hydrogen) atoms. The van der Waals surface area contributed by atoms with Gasteiger partial charge in [0.05, 0.1) is 24.4 Å². The maximum Gasteiger partial charge on any atom is 0.329 e. The Kier molecular flexibility index (Phi) is 9.04. The van der Waals surface area contributed by atoms with Crippen LogP contribution in [0.4, 0.5) is 5.69 Å². The summed E-state index contributed by atoms with van der Waals surface area (Å²) in [7, 11) is 1.53. The first-order valence-corrected chi connectivity index (χ1v) is 11.2. The van der Waals surface area contributed by atoms with Crippen molar-refractivity contribution in [1.29, 1.82) is 0 Å². The van der Waals surface area contributed by atoms with E-state index < -0.39 is 11.8 Å². The van der Waals surface area contributed by atoms with Gasteiger partial charge >= 0.3 is 11.8 Å². The average Bonchev–Trinajstić information content (AvgIpc) is 2.85. The molecule has 0 aliphatic rings. The van der Waals surface area contributed by atoms with Gasteiger partial charge < -0.3 is 19.5 Å². The number of rotatable bonds is 9. The van der Waals surface area contributed by atoms with Gasteiger partial charge in [-0.2, -0.15) is 5.10 Å². The lowest BCUT2D eigenvalue weighted by Crippen LogP contribution is -2.32. The summed E-state index contributed by atoms with van der Waals surface area (Å²) in [6, 6.07) is 19.9. The molecule has 0 atom stereocenters. The number of amides is 2. The number of nitrogens with one attached hydrogen (secondary N) is 2. The van der Waals surface area contributed by atoms with Crippen molar-refractivity contribution in [2.45, 2.75) is 13.5 Å². The van der Waals surface area contributed by atoms with E-state index in [1.54, 1.807) is 36.4 Å².